The molecular formula is C10H12N2O4. The molecule has 86 valence electrons. The number of hydrogen-bond donors (Lipinski definition) is 1. The third-order valence-corrected chi connectivity index (χ3v) is 2.56. The zero-order valence-electron chi connectivity index (χ0n) is 8.57. The number of fused-ring (bicyclic) bond motifs is 2. The molecule has 2 rings (SSSR count). The van der Waals surface area contributed by atoms with Crippen LogP contribution in [0.5, 0.6) is 0 Å². The molecule has 0 saturated carbocycles. The van der Waals surface area contributed by atoms with Gasteiger partial charge in [0.2, 0.25) is 0 Å². The molecule has 6 nitrogen and oxygen atoms in total. The molecule has 16 heavy (non-hydrogen) atoms. The Labute approximate surface area is 92.3 Å². The number of rotatable bonds is 4. The number of amides is 2. The topological polar surface area (TPSA) is 70.1 Å². The van der Waals surface area contributed by atoms with Crippen LogP contribution in [0.3, 0.4) is 0 Å². The molecule has 2 bridgehead atoms. The van der Waals surface area contributed by atoms with Crippen LogP contribution in [0.4, 0.5) is 4.79 Å². The van der Waals surface area contributed by atoms with Crippen LogP contribution in [-0.2, 0) is 9.63 Å². The molecule has 0 aliphatic carbocycles. The first kappa shape index (κ1) is 10.7. The molecule has 2 aliphatic rings. The summed E-state index contributed by atoms with van der Waals surface area (Å²) in [6.45, 7) is 4.06. The van der Waals surface area contributed by atoms with E-state index in [0.717, 1.165) is 0 Å². The minimum absolute atomic E-state index is 0.206. The summed E-state index contributed by atoms with van der Waals surface area (Å²) in [4.78, 5) is 29.1. The quantitative estimate of drug-likeness (QED) is 0.694. The number of hydroxylamine groups is 2. The van der Waals surface area contributed by atoms with Crippen molar-refractivity contribution >= 4 is 12.0 Å². The van der Waals surface area contributed by atoms with Crippen LogP contribution in [0.2, 0.25) is 0 Å². The number of carboxylic acids is 1. The van der Waals surface area contributed by atoms with E-state index < -0.39 is 18.0 Å². The van der Waals surface area contributed by atoms with Gasteiger partial charge in [-0.1, -0.05) is 18.2 Å². The minimum Gasteiger partial charge on any atom is -0.479 e. The predicted molar refractivity (Wildman–Crippen MR) is 54.4 cm³/mol. The minimum atomic E-state index is -1.03. The number of aliphatic carboxylic acids is 1. The summed E-state index contributed by atoms with van der Waals surface area (Å²) in [5, 5.41) is 10.1. The van der Waals surface area contributed by atoms with Gasteiger partial charge < -0.3 is 10.0 Å². The second-order valence-electron chi connectivity index (χ2n) is 3.58. The van der Waals surface area contributed by atoms with Crippen LogP contribution in [0.15, 0.2) is 24.8 Å². The lowest BCUT2D eigenvalue weighted by molar-refractivity contribution is -0.140. The van der Waals surface area contributed by atoms with Gasteiger partial charge in [-0.2, -0.15) is 5.06 Å². The number of carbonyl (C=O) groups is 2. The highest BCUT2D eigenvalue weighted by Crippen LogP contribution is 2.25. The van der Waals surface area contributed by atoms with Gasteiger partial charge in [-0.3, -0.25) is 4.84 Å². The second-order valence-corrected chi connectivity index (χ2v) is 3.58. The van der Waals surface area contributed by atoms with Crippen LogP contribution in [-0.4, -0.2) is 52.3 Å². The van der Waals surface area contributed by atoms with Gasteiger partial charge in [0, 0.05) is 0 Å². The van der Waals surface area contributed by atoms with Crippen LogP contribution < -0.4 is 0 Å². The predicted octanol–water partition coefficient (Wildman–Crippen LogP) is 0.233. The summed E-state index contributed by atoms with van der Waals surface area (Å²) in [5.41, 5.74) is 0. The normalized spacial score (nSPS) is 27.4. The standard InChI is InChI=1S/C10H12N2O4/c1-2-5-16-12-7-3-4-8(9(13)14)11(6-7)10(12)15/h2-4,7-8H,1,5-6H2,(H,13,14)/t7-,8+/m1/s1. The fourth-order valence-electron chi connectivity index (χ4n) is 1.83. The molecule has 6 heteroatoms. The Morgan fingerprint density at radius 1 is 1.69 bits per heavy atom. The molecule has 1 N–H and O–H groups in total. The zero-order valence-corrected chi connectivity index (χ0v) is 8.57. The van der Waals surface area contributed by atoms with Crippen molar-refractivity contribution in [3.63, 3.8) is 0 Å². The Hall–Kier alpha value is -1.82. The number of carboxylic acid groups (broad SMARTS) is 1. The molecule has 0 aromatic rings. The van der Waals surface area contributed by atoms with E-state index in [1.807, 2.05) is 0 Å². The molecule has 0 aromatic heterocycles. The highest BCUT2D eigenvalue weighted by atomic mass is 16.7. The lowest BCUT2D eigenvalue weighted by Crippen LogP contribution is -2.43. The molecule has 2 aliphatic heterocycles. The summed E-state index contributed by atoms with van der Waals surface area (Å²) in [5.74, 6) is -1.03. The Morgan fingerprint density at radius 2 is 2.44 bits per heavy atom. The average Bonchev–Trinajstić information content (AvgIpc) is 2.50. The van der Waals surface area contributed by atoms with E-state index in [1.165, 1.54) is 22.1 Å². The molecule has 0 radical (unpaired) electrons. The number of urea groups is 1. The van der Waals surface area contributed by atoms with Crippen LogP contribution in [0.25, 0.3) is 0 Å². The molecule has 2 heterocycles. The summed E-state index contributed by atoms with van der Waals surface area (Å²) >= 11 is 0. The largest absolute Gasteiger partial charge is 0.479 e. The van der Waals surface area contributed by atoms with Crippen molar-refractivity contribution in [3.05, 3.63) is 24.8 Å². The monoisotopic (exact) mass is 224 g/mol. The molecule has 0 spiro atoms. The molecule has 0 unspecified atom stereocenters. The average molecular weight is 224 g/mol. The SMILES string of the molecule is C=CCON1C(=O)N2C[C@H]1C=C[C@H]2C(=O)O. The smallest absolute Gasteiger partial charge is 0.345 e. The van der Waals surface area contributed by atoms with Crippen molar-refractivity contribution in [1.82, 2.24) is 9.96 Å². The maximum Gasteiger partial charge on any atom is 0.345 e. The molecule has 0 aromatic carbocycles. The van der Waals surface area contributed by atoms with Gasteiger partial charge in [-0.15, -0.1) is 6.58 Å². The van der Waals surface area contributed by atoms with Gasteiger partial charge in [-0.25, -0.2) is 9.59 Å². The summed E-state index contributed by atoms with van der Waals surface area (Å²) < 4.78 is 0. The zero-order chi connectivity index (χ0) is 11.7. The van der Waals surface area contributed by atoms with Crippen molar-refractivity contribution in [2.75, 3.05) is 13.2 Å². The second kappa shape index (κ2) is 3.97. The molecule has 1 fully saturated rings. The first-order chi connectivity index (χ1) is 7.65. The Bertz CT molecular complexity index is 366. The molecular weight excluding hydrogens is 212 g/mol. The van der Waals surface area contributed by atoms with Crippen molar-refractivity contribution in [2.45, 2.75) is 12.1 Å². The van der Waals surface area contributed by atoms with Gasteiger partial charge in [0.1, 0.15) is 6.04 Å². The van der Waals surface area contributed by atoms with Crippen LogP contribution >= 0.6 is 0 Å². The van der Waals surface area contributed by atoms with E-state index in [4.69, 9.17) is 9.94 Å². The van der Waals surface area contributed by atoms with Crippen molar-refractivity contribution < 1.29 is 19.5 Å². The summed E-state index contributed by atoms with van der Waals surface area (Å²) in [6, 6.07) is -1.51. The fraction of sp³-hybridized carbons (Fsp3) is 0.400. The Morgan fingerprint density at radius 3 is 3.06 bits per heavy atom. The third kappa shape index (κ3) is 1.57. The first-order valence-electron chi connectivity index (χ1n) is 4.90. The Balaban J connectivity index is 2.15. The van der Waals surface area contributed by atoms with E-state index in [0.29, 0.717) is 6.54 Å². The van der Waals surface area contributed by atoms with Crippen molar-refractivity contribution in [2.24, 2.45) is 0 Å². The van der Waals surface area contributed by atoms with E-state index in [2.05, 4.69) is 6.58 Å². The maximum atomic E-state index is 11.8. The van der Waals surface area contributed by atoms with Crippen molar-refractivity contribution in [3.8, 4) is 0 Å². The lowest BCUT2D eigenvalue weighted by Gasteiger charge is -2.22. The molecule has 2 atom stereocenters. The van der Waals surface area contributed by atoms with E-state index >= 15 is 0 Å². The van der Waals surface area contributed by atoms with E-state index in [9.17, 15) is 9.59 Å². The number of nitrogens with zero attached hydrogens (tertiary/aromatic N) is 2. The highest BCUT2D eigenvalue weighted by molar-refractivity contribution is 5.86. The Kier molecular flexibility index (Phi) is 2.66. The number of hydrogen-bond acceptors (Lipinski definition) is 3. The lowest BCUT2D eigenvalue weighted by atomic mass is 10.1. The van der Waals surface area contributed by atoms with Crippen molar-refractivity contribution in [1.29, 1.82) is 0 Å². The summed E-state index contributed by atoms with van der Waals surface area (Å²) in [7, 11) is 0. The van der Waals surface area contributed by atoms with Gasteiger partial charge in [0.25, 0.3) is 0 Å². The first-order valence-corrected chi connectivity index (χ1v) is 4.90. The maximum absolute atomic E-state index is 11.8. The van der Waals surface area contributed by atoms with Gasteiger partial charge in [0.05, 0.1) is 19.2 Å². The van der Waals surface area contributed by atoms with Gasteiger partial charge in [-0.05, 0) is 0 Å². The van der Waals surface area contributed by atoms with Gasteiger partial charge in [0.15, 0.2) is 0 Å². The van der Waals surface area contributed by atoms with Crippen LogP contribution in [0, 0.1) is 0 Å². The molecule has 2 amide bonds. The fourth-order valence-corrected chi connectivity index (χ4v) is 1.83. The highest BCUT2D eigenvalue weighted by Gasteiger charge is 2.45. The van der Waals surface area contributed by atoms with E-state index in [1.54, 1.807) is 6.08 Å². The third-order valence-electron chi connectivity index (χ3n) is 2.56. The van der Waals surface area contributed by atoms with Gasteiger partial charge >= 0.3 is 12.0 Å². The van der Waals surface area contributed by atoms with Crippen LogP contribution in [0.1, 0.15) is 0 Å². The number of carbonyl (C=O) groups excluding carboxylic acids is 1. The summed E-state index contributed by atoms with van der Waals surface area (Å²) in [6.07, 6.45) is 4.72. The van der Waals surface area contributed by atoms with E-state index in [-0.39, 0.29) is 12.6 Å². The molecule has 1 saturated heterocycles.